The van der Waals surface area contributed by atoms with E-state index in [-0.39, 0.29) is 6.04 Å². The number of halogens is 1. The highest BCUT2D eigenvalue weighted by molar-refractivity contribution is 6.32. The maximum absolute atomic E-state index is 5.95. The molecule has 3 nitrogen and oxygen atoms in total. The van der Waals surface area contributed by atoms with Gasteiger partial charge in [-0.25, -0.2) is 0 Å². The third-order valence-electron chi connectivity index (χ3n) is 1.95. The van der Waals surface area contributed by atoms with Crippen molar-refractivity contribution in [3.05, 3.63) is 28.8 Å². The highest BCUT2D eigenvalue weighted by Gasteiger charge is 2.08. The molecule has 0 saturated heterocycles. The maximum atomic E-state index is 5.95. The van der Waals surface area contributed by atoms with Gasteiger partial charge in [-0.1, -0.05) is 17.7 Å². The average Bonchev–Trinajstić information content (AvgIpc) is 2.18. The fraction of sp³-hybridized carbons (Fsp3) is 0.400. The first-order valence-corrected chi connectivity index (χ1v) is 4.64. The van der Waals surface area contributed by atoms with Crippen LogP contribution in [0.2, 0.25) is 5.02 Å². The number of benzene rings is 1. The largest absolute Gasteiger partial charge is 0.495 e. The zero-order valence-corrected chi connectivity index (χ0v) is 9.04. The van der Waals surface area contributed by atoms with Gasteiger partial charge in [0.2, 0.25) is 0 Å². The van der Waals surface area contributed by atoms with Crippen LogP contribution in [0.1, 0.15) is 11.6 Å². The number of hydrogen-bond donors (Lipinski definition) is 1. The second kappa shape index (κ2) is 5.20. The second-order valence-corrected chi connectivity index (χ2v) is 3.36. The molecule has 0 spiro atoms. The molecule has 78 valence electrons. The lowest BCUT2D eigenvalue weighted by Crippen LogP contribution is -2.15. The van der Waals surface area contributed by atoms with Gasteiger partial charge >= 0.3 is 0 Å². The highest BCUT2D eigenvalue weighted by Crippen LogP contribution is 2.26. The summed E-state index contributed by atoms with van der Waals surface area (Å²) < 4.78 is 9.99. The lowest BCUT2D eigenvalue weighted by molar-refractivity contribution is 0.181. The van der Waals surface area contributed by atoms with Crippen molar-refractivity contribution in [1.29, 1.82) is 0 Å². The van der Waals surface area contributed by atoms with Crippen LogP contribution in [-0.2, 0) is 4.74 Å². The van der Waals surface area contributed by atoms with Gasteiger partial charge in [0.25, 0.3) is 0 Å². The molecule has 1 aromatic rings. The Kier molecular flexibility index (Phi) is 4.20. The summed E-state index contributed by atoms with van der Waals surface area (Å²) in [5.74, 6) is 0.653. The molecule has 0 bridgehead atoms. The van der Waals surface area contributed by atoms with Crippen LogP contribution in [0, 0.1) is 0 Å². The number of ether oxygens (including phenoxy) is 2. The molecule has 0 heterocycles. The monoisotopic (exact) mass is 215 g/mol. The smallest absolute Gasteiger partial charge is 0.137 e. The molecule has 0 aliphatic heterocycles. The van der Waals surface area contributed by atoms with Gasteiger partial charge in [-0.3, -0.25) is 0 Å². The minimum absolute atomic E-state index is 0.150. The predicted molar refractivity (Wildman–Crippen MR) is 56.8 cm³/mol. The number of nitrogens with two attached hydrogens (primary N) is 1. The van der Waals surface area contributed by atoms with Crippen LogP contribution in [0.5, 0.6) is 5.75 Å². The van der Waals surface area contributed by atoms with Crippen molar-refractivity contribution in [3.8, 4) is 5.75 Å². The van der Waals surface area contributed by atoms with E-state index in [0.29, 0.717) is 17.4 Å². The van der Waals surface area contributed by atoms with Gasteiger partial charge in [-0.05, 0) is 17.7 Å². The molecule has 1 unspecified atom stereocenters. The van der Waals surface area contributed by atoms with Crippen molar-refractivity contribution < 1.29 is 9.47 Å². The highest BCUT2D eigenvalue weighted by atomic mass is 35.5. The SMILES string of the molecule is COCC(N)c1ccc(OC)c(Cl)c1. The molecule has 4 heteroatoms. The quantitative estimate of drug-likeness (QED) is 0.836. The fourth-order valence-electron chi connectivity index (χ4n) is 1.19. The van der Waals surface area contributed by atoms with Crippen molar-refractivity contribution in [2.75, 3.05) is 20.8 Å². The number of hydrogen-bond acceptors (Lipinski definition) is 3. The molecule has 14 heavy (non-hydrogen) atoms. The summed E-state index contributed by atoms with van der Waals surface area (Å²) in [6, 6.07) is 5.33. The molecule has 0 radical (unpaired) electrons. The summed E-state index contributed by atoms with van der Waals surface area (Å²) in [6.07, 6.45) is 0. The first kappa shape index (κ1) is 11.3. The molecule has 0 aromatic heterocycles. The Bertz CT molecular complexity index is 304. The van der Waals surface area contributed by atoms with E-state index in [0.717, 1.165) is 5.56 Å². The first-order chi connectivity index (χ1) is 6.69. The van der Waals surface area contributed by atoms with Crippen LogP contribution < -0.4 is 10.5 Å². The second-order valence-electron chi connectivity index (χ2n) is 2.96. The summed E-state index contributed by atoms with van der Waals surface area (Å²) in [7, 11) is 3.20. The summed E-state index contributed by atoms with van der Waals surface area (Å²) in [6.45, 7) is 0.475. The lowest BCUT2D eigenvalue weighted by atomic mass is 10.1. The summed E-state index contributed by atoms with van der Waals surface area (Å²) in [4.78, 5) is 0. The summed E-state index contributed by atoms with van der Waals surface area (Å²) >= 11 is 5.95. The molecule has 0 amide bonds. The van der Waals surface area contributed by atoms with Crippen molar-refractivity contribution >= 4 is 11.6 Å². The zero-order chi connectivity index (χ0) is 10.6. The minimum atomic E-state index is -0.150. The zero-order valence-electron chi connectivity index (χ0n) is 8.29. The van der Waals surface area contributed by atoms with Crippen molar-refractivity contribution in [2.24, 2.45) is 5.73 Å². The molecule has 0 aliphatic carbocycles. The van der Waals surface area contributed by atoms with Crippen LogP contribution in [0.4, 0.5) is 0 Å². The van der Waals surface area contributed by atoms with Crippen LogP contribution in [0.3, 0.4) is 0 Å². The fourth-order valence-corrected chi connectivity index (χ4v) is 1.46. The Morgan fingerprint density at radius 1 is 1.43 bits per heavy atom. The van der Waals surface area contributed by atoms with Gasteiger partial charge < -0.3 is 15.2 Å². The van der Waals surface area contributed by atoms with E-state index < -0.39 is 0 Å². The Morgan fingerprint density at radius 3 is 2.64 bits per heavy atom. The summed E-state index contributed by atoms with van der Waals surface area (Å²) in [5.41, 5.74) is 6.78. The Balaban J connectivity index is 2.85. The molecule has 1 atom stereocenters. The van der Waals surface area contributed by atoms with E-state index in [2.05, 4.69) is 0 Å². The molecule has 1 aromatic carbocycles. The normalized spacial score (nSPS) is 12.6. The van der Waals surface area contributed by atoms with E-state index in [1.807, 2.05) is 6.07 Å². The average molecular weight is 216 g/mol. The van der Waals surface area contributed by atoms with E-state index in [4.69, 9.17) is 26.8 Å². The minimum Gasteiger partial charge on any atom is -0.495 e. The van der Waals surface area contributed by atoms with Crippen molar-refractivity contribution in [2.45, 2.75) is 6.04 Å². The Hall–Kier alpha value is -0.770. The standard InChI is InChI=1S/C10H14ClNO2/c1-13-6-9(12)7-3-4-10(14-2)8(11)5-7/h3-5,9H,6,12H2,1-2H3. The first-order valence-electron chi connectivity index (χ1n) is 4.27. The molecular formula is C10H14ClNO2. The Morgan fingerprint density at radius 2 is 2.14 bits per heavy atom. The molecular weight excluding hydrogens is 202 g/mol. The van der Waals surface area contributed by atoms with Gasteiger partial charge in [0, 0.05) is 7.11 Å². The van der Waals surface area contributed by atoms with Crippen LogP contribution >= 0.6 is 11.6 Å². The predicted octanol–water partition coefficient (Wildman–Crippen LogP) is 1.99. The van der Waals surface area contributed by atoms with Crippen molar-refractivity contribution in [1.82, 2.24) is 0 Å². The van der Waals surface area contributed by atoms with Crippen LogP contribution in [-0.4, -0.2) is 20.8 Å². The lowest BCUT2D eigenvalue weighted by Gasteiger charge is -2.12. The molecule has 0 saturated carbocycles. The Labute approximate surface area is 88.8 Å². The summed E-state index contributed by atoms with van der Waals surface area (Å²) in [5, 5.41) is 0.566. The number of methoxy groups -OCH3 is 2. The van der Waals surface area contributed by atoms with Crippen molar-refractivity contribution in [3.63, 3.8) is 0 Å². The molecule has 0 fully saturated rings. The van der Waals surface area contributed by atoms with Gasteiger partial charge in [-0.15, -0.1) is 0 Å². The molecule has 1 rings (SSSR count). The number of rotatable bonds is 4. The van der Waals surface area contributed by atoms with E-state index in [9.17, 15) is 0 Å². The molecule has 0 aliphatic rings. The molecule has 2 N–H and O–H groups in total. The van der Waals surface area contributed by atoms with Gasteiger partial charge in [0.15, 0.2) is 0 Å². The van der Waals surface area contributed by atoms with Gasteiger partial charge in [0.05, 0.1) is 24.8 Å². The van der Waals surface area contributed by atoms with Gasteiger partial charge in [-0.2, -0.15) is 0 Å². The maximum Gasteiger partial charge on any atom is 0.137 e. The van der Waals surface area contributed by atoms with Crippen LogP contribution in [0.15, 0.2) is 18.2 Å². The van der Waals surface area contributed by atoms with E-state index >= 15 is 0 Å². The van der Waals surface area contributed by atoms with Gasteiger partial charge in [0.1, 0.15) is 5.75 Å². The van der Waals surface area contributed by atoms with E-state index in [1.165, 1.54) is 0 Å². The third-order valence-corrected chi connectivity index (χ3v) is 2.25. The van der Waals surface area contributed by atoms with Crippen LogP contribution in [0.25, 0.3) is 0 Å². The topological polar surface area (TPSA) is 44.5 Å². The van der Waals surface area contributed by atoms with E-state index in [1.54, 1.807) is 26.4 Å². The third kappa shape index (κ3) is 2.61.